The number of rotatable bonds is 52. The lowest BCUT2D eigenvalue weighted by Crippen LogP contribution is -2.30. The average Bonchev–Trinajstić information content (AvgIpc) is 3.28. The topological polar surface area (TPSA) is 78.9 Å². The van der Waals surface area contributed by atoms with Crippen molar-refractivity contribution in [1.82, 2.24) is 0 Å². The number of carbonyl (C=O) groups is 3. The van der Waals surface area contributed by atoms with Gasteiger partial charge >= 0.3 is 17.9 Å². The fourth-order valence-electron chi connectivity index (χ4n) is 8.50. The number of hydrogen-bond acceptors (Lipinski definition) is 6. The summed E-state index contributed by atoms with van der Waals surface area (Å²) in [5, 5.41) is 0. The first-order chi connectivity index (χ1) is 31.0. The smallest absolute Gasteiger partial charge is 0.306 e. The van der Waals surface area contributed by atoms with E-state index in [0.29, 0.717) is 19.3 Å². The maximum absolute atomic E-state index is 12.8. The number of carbonyl (C=O) groups excluding carboxylic acids is 3. The van der Waals surface area contributed by atoms with E-state index >= 15 is 0 Å². The van der Waals surface area contributed by atoms with E-state index in [1.165, 1.54) is 212 Å². The lowest BCUT2D eigenvalue weighted by atomic mass is 10.0. The summed E-state index contributed by atoms with van der Waals surface area (Å²) < 4.78 is 16.9. The second-order valence-electron chi connectivity index (χ2n) is 19.2. The van der Waals surface area contributed by atoms with Crippen molar-refractivity contribution in [2.75, 3.05) is 13.2 Å². The fraction of sp³-hybridized carbons (Fsp3) is 0.912. The van der Waals surface area contributed by atoms with E-state index in [1.807, 2.05) is 0 Å². The number of unbranched alkanes of at least 4 members (excludes halogenated alkanes) is 39. The lowest BCUT2D eigenvalue weighted by Gasteiger charge is -2.18. The van der Waals surface area contributed by atoms with E-state index in [2.05, 4.69) is 32.9 Å². The monoisotopic (exact) mass is 889 g/mol. The van der Waals surface area contributed by atoms with Gasteiger partial charge in [-0.1, -0.05) is 264 Å². The zero-order valence-electron chi connectivity index (χ0n) is 42.6. The molecule has 0 unspecified atom stereocenters. The summed E-state index contributed by atoms with van der Waals surface area (Å²) in [6, 6.07) is 0. The standard InChI is InChI=1S/C57H108O6/c1-4-7-10-13-16-19-22-25-27-28-30-33-36-39-42-45-48-51-57(60)63-54(52-61-55(58)49-46-43-40-37-34-31-24-21-18-15-12-9-6-3)53-62-56(59)50-47-44-41-38-35-32-29-26-23-20-17-14-11-8-5-2/h26,29,54H,4-25,27-28,30-53H2,1-3H3/b29-26-/t54-/m0/s1. The summed E-state index contributed by atoms with van der Waals surface area (Å²) in [5.74, 6) is -0.853. The molecule has 63 heavy (non-hydrogen) atoms. The summed E-state index contributed by atoms with van der Waals surface area (Å²) in [4.78, 5) is 38.1. The molecule has 0 saturated heterocycles. The summed E-state index contributed by atoms with van der Waals surface area (Å²) >= 11 is 0. The molecule has 0 radical (unpaired) electrons. The van der Waals surface area contributed by atoms with Crippen molar-refractivity contribution in [3.8, 4) is 0 Å². The van der Waals surface area contributed by atoms with E-state index in [0.717, 1.165) is 64.2 Å². The maximum atomic E-state index is 12.8. The highest BCUT2D eigenvalue weighted by molar-refractivity contribution is 5.71. The van der Waals surface area contributed by atoms with Gasteiger partial charge in [0, 0.05) is 19.3 Å². The molecule has 0 aliphatic rings. The Kier molecular flexibility index (Phi) is 51.2. The van der Waals surface area contributed by atoms with Crippen molar-refractivity contribution in [1.29, 1.82) is 0 Å². The Morgan fingerprint density at radius 1 is 0.302 bits per heavy atom. The van der Waals surface area contributed by atoms with Crippen molar-refractivity contribution in [3.05, 3.63) is 12.2 Å². The van der Waals surface area contributed by atoms with Gasteiger partial charge in [-0.25, -0.2) is 0 Å². The molecule has 0 aliphatic carbocycles. The molecular weight excluding hydrogens is 781 g/mol. The van der Waals surface area contributed by atoms with Gasteiger partial charge in [0.25, 0.3) is 0 Å². The normalized spacial score (nSPS) is 12.0. The van der Waals surface area contributed by atoms with Gasteiger partial charge in [0.15, 0.2) is 6.10 Å². The summed E-state index contributed by atoms with van der Waals surface area (Å²) in [5.41, 5.74) is 0. The largest absolute Gasteiger partial charge is 0.462 e. The molecule has 0 fully saturated rings. The molecule has 372 valence electrons. The quantitative estimate of drug-likeness (QED) is 0.0262. The number of ether oxygens (including phenoxy) is 3. The predicted molar refractivity (Wildman–Crippen MR) is 270 cm³/mol. The number of allylic oxidation sites excluding steroid dienone is 2. The Hall–Kier alpha value is -1.85. The van der Waals surface area contributed by atoms with E-state index < -0.39 is 6.10 Å². The molecule has 0 heterocycles. The van der Waals surface area contributed by atoms with Crippen LogP contribution in [-0.2, 0) is 28.6 Å². The van der Waals surface area contributed by atoms with Crippen molar-refractivity contribution < 1.29 is 28.6 Å². The Bertz CT molecular complexity index is 978. The molecule has 6 nitrogen and oxygen atoms in total. The Balaban J connectivity index is 4.32. The maximum Gasteiger partial charge on any atom is 0.306 e. The molecule has 0 spiro atoms. The van der Waals surface area contributed by atoms with Crippen LogP contribution >= 0.6 is 0 Å². The third-order valence-corrected chi connectivity index (χ3v) is 12.8. The Morgan fingerprint density at radius 3 is 0.794 bits per heavy atom. The Morgan fingerprint density at radius 2 is 0.524 bits per heavy atom. The van der Waals surface area contributed by atoms with Gasteiger partial charge < -0.3 is 14.2 Å². The number of esters is 3. The van der Waals surface area contributed by atoms with Crippen molar-refractivity contribution in [3.63, 3.8) is 0 Å². The molecule has 0 aromatic heterocycles. The van der Waals surface area contributed by atoms with Gasteiger partial charge in [0.1, 0.15) is 13.2 Å². The first-order valence-electron chi connectivity index (χ1n) is 28.2. The van der Waals surface area contributed by atoms with Crippen molar-refractivity contribution in [2.45, 2.75) is 322 Å². The van der Waals surface area contributed by atoms with Crippen LogP contribution in [0.15, 0.2) is 12.2 Å². The van der Waals surface area contributed by atoms with Crippen molar-refractivity contribution in [2.24, 2.45) is 0 Å². The van der Waals surface area contributed by atoms with Gasteiger partial charge in [-0.2, -0.15) is 0 Å². The molecule has 0 amide bonds. The molecule has 0 aromatic carbocycles. The van der Waals surface area contributed by atoms with Crippen LogP contribution in [0.1, 0.15) is 316 Å². The van der Waals surface area contributed by atoms with Gasteiger partial charge in [0.2, 0.25) is 0 Å². The van der Waals surface area contributed by atoms with E-state index in [4.69, 9.17) is 14.2 Å². The number of hydrogen-bond donors (Lipinski definition) is 0. The van der Waals surface area contributed by atoms with E-state index in [-0.39, 0.29) is 31.1 Å². The van der Waals surface area contributed by atoms with Crippen LogP contribution in [0.2, 0.25) is 0 Å². The first-order valence-corrected chi connectivity index (χ1v) is 28.2. The van der Waals surface area contributed by atoms with E-state index in [1.54, 1.807) is 0 Å². The lowest BCUT2D eigenvalue weighted by molar-refractivity contribution is -0.167. The van der Waals surface area contributed by atoms with Gasteiger partial charge in [0.05, 0.1) is 0 Å². The molecule has 0 aromatic rings. The molecule has 0 rings (SSSR count). The molecule has 0 aliphatic heterocycles. The molecule has 0 saturated carbocycles. The highest BCUT2D eigenvalue weighted by Gasteiger charge is 2.19. The van der Waals surface area contributed by atoms with Crippen LogP contribution in [0.4, 0.5) is 0 Å². The SMILES string of the molecule is CCCCCCCC/C=C\CCCCCCCC(=O)OC[C@H](COC(=O)CCCCCCCCCCCCCCC)OC(=O)CCCCCCCCCCCCCCCCCCC. The predicted octanol–water partition coefficient (Wildman–Crippen LogP) is 18.5. The highest BCUT2D eigenvalue weighted by atomic mass is 16.6. The molecular formula is C57H108O6. The highest BCUT2D eigenvalue weighted by Crippen LogP contribution is 2.17. The third kappa shape index (κ3) is 51.0. The third-order valence-electron chi connectivity index (χ3n) is 12.8. The van der Waals surface area contributed by atoms with Gasteiger partial charge in [-0.15, -0.1) is 0 Å². The zero-order valence-corrected chi connectivity index (χ0v) is 42.6. The van der Waals surface area contributed by atoms with Gasteiger partial charge in [-0.05, 0) is 44.9 Å². The summed E-state index contributed by atoms with van der Waals surface area (Å²) in [6.45, 7) is 6.68. The van der Waals surface area contributed by atoms with Crippen molar-refractivity contribution >= 4 is 17.9 Å². The second-order valence-corrected chi connectivity index (χ2v) is 19.2. The van der Waals surface area contributed by atoms with Crippen LogP contribution in [0, 0.1) is 0 Å². The van der Waals surface area contributed by atoms with Crippen LogP contribution in [0.25, 0.3) is 0 Å². The fourth-order valence-corrected chi connectivity index (χ4v) is 8.50. The minimum Gasteiger partial charge on any atom is -0.462 e. The molecule has 6 heteroatoms. The second kappa shape index (κ2) is 52.8. The minimum absolute atomic E-state index is 0.0667. The van der Waals surface area contributed by atoms with Crippen LogP contribution < -0.4 is 0 Å². The van der Waals surface area contributed by atoms with Crippen LogP contribution in [0.3, 0.4) is 0 Å². The zero-order chi connectivity index (χ0) is 45.8. The molecule has 0 N–H and O–H groups in total. The Labute approximate surface area is 392 Å². The first kappa shape index (κ1) is 61.1. The average molecular weight is 889 g/mol. The van der Waals surface area contributed by atoms with Crippen LogP contribution in [0.5, 0.6) is 0 Å². The van der Waals surface area contributed by atoms with Gasteiger partial charge in [-0.3, -0.25) is 14.4 Å². The summed E-state index contributed by atoms with van der Waals surface area (Å²) in [7, 11) is 0. The molecule has 1 atom stereocenters. The van der Waals surface area contributed by atoms with Crippen LogP contribution in [-0.4, -0.2) is 37.2 Å². The minimum atomic E-state index is -0.767. The summed E-state index contributed by atoms with van der Waals surface area (Å²) in [6.07, 6.45) is 59.1. The molecule has 0 bridgehead atoms. The van der Waals surface area contributed by atoms with E-state index in [9.17, 15) is 14.4 Å².